The average molecular weight is 497 g/mol. The van der Waals surface area contributed by atoms with Crippen LogP contribution in [0.25, 0.3) is 10.8 Å². The number of aliphatic hydroxyl groups is 1. The number of alkyl halides is 3. The van der Waals surface area contributed by atoms with Gasteiger partial charge in [0.1, 0.15) is 11.6 Å². The van der Waals surface area contributed by atoms with Crippen molar-refractivity contribution in [3.8, 4) is 5.75 Å². The minimum Gasteiger partial charge on any atom is -0.496 e. The SMILES string of the molecule is COc1ccc(C(=O)NC(Cc2ccc(C(F)(F)F)cc2)C(O)c2ccc(F)cc2)c2ccccc12. The molecule has 0 aliphatic heterocycles. The summed E-state index contributed by atoms with van der Waals surface area (Å²) in [6, 6.07) is 19.2. The van der Waals surface area contributed by atoms with Crippen molar-refractivity contribution in [3.05, 3.63) is 113 Å². The second-order valence-electron chi connectivity index (χ2n) is 8.34. The Morgan fingerprint density at radius 3 is 2.17 bits per heavy atom. The van der Waals surface area contributed by atoms with Gasteiger partial charge in [0.2, 0.25) is 0 Å². The molecule has 0 aromatic heterocycles. The smallest absolute Gasteiger partial charge is 0.416 e. The van der Waals surface area contributed by atoms with Crippen molar-refractivity contribution in [2.45, 2.75) is 24.7 Å². The lowest BCUT2D eigenvalue weighted by Crippen LogP contribution is -2.41. The summed E-state index contributed by atoms with van der Waals surface area (Å²) in [7, 11) is 1.53. The van der Waals surface area contributed by atoms with Gasteiger partial charge in [-0.3, -0.25) is 4.79 Å². The number of aliphatic hydroxyl groups excluding tert-OH is 1. The van der Waals surface area contributed by atoms with Crippen molar-refractivity contribution < 1.29 is 32.2 Å². The van der Waals surface area contributed by atoms with E-state index in [-0.39, 0.29) is 6.42 Å². The van der Waals surface area contributed by atoms with E-state index in [0.717, 1.165) is 17.5 Å². The van der Waals surface area contributed by atoms with E-state index < -0.39 is 35.6 Å². The van der Waals surface area contributed by atoms with Gasteiger partial charge in [0.15, 0.2) is 0 Å². The number of hydrogen-bond donors (Lipinski definition) is 2. The van der Waals surface area contributed by atoms with Gasteiger partial charge in [-0.25, -0.2) is 4.39 Å². The highest BCUT2D eigenvalue weighted by Gasteiger charge is 2.30. The van der Waals surface area contributed by atoms with E-state index in [9.17, 15) is 27.5 Å². The predicted octanol–water partition coefficient (Wildman–Crippen LogP) is 6.08. The van der Waals surface area contributed by atoms with Gasteiger partial charge in [-0.15, -0.1) is 0 Å². The Balaban J connectivity index is 1.66. The lowest BCUT2D eigenvalue weighted by molar-refractivity contribution is -0.137. The number of halogens is 4. The van der Waals surface area contributed by atoms with Crippen LogP contribution in [0.15, 0.2) is 84.9 Å². The monoisotopic (exact) mass is 497 g/mol. The van der Waals surface area contributed by atoms with Crippen LogP contribution in [0, 0.1) is 5.82 Å². The summed E-state index contributed by atoms with van der Waals surface area (Å²) < 4.78 is 57.7. The zero-order valence-corrected chi connectivity index (χ0v) is 19.2. The minimum atomic E-state index is -4.48. The number of benzene rings is 4. The lowest BCUT2D eigenvalue weighted by atomic mass is 9.94. The quantitative estimate of drug-likeness (QED) is 0.304. The normalized spacial score (nSPS) is 13.3. The Hall–Kier alpha value is -3.91. The van der Waals surface area contributed by atoms with Crippen molar-refractivity contribution in [1.82, 2.24) is 5.32 Å². The number of carbonyl (C=O) groups excluding carboxylic acids is 1. The number of methoxy groups -OCH3 is 1. The molecule has 0 aliphatic carbocycles. The Kier molecular flexibility index (Phi) is 7.26. The molecule has 2 N–H and O–H groups in total. The van der Waals surface area contributed by atoms with Crippen LogP contribution in [0.2, 0.25) is 0 Å². The van der Waals surface area contributed by atoms with Crippen LogP contribution in [-0.4, -0.2) is 24.2 Å². The highest BCUT2D eigenvalue weighted by atomic mass is 19.4. The molecular formula is C28H23F4NO3. The molecule has 0 radical (unpaired) electrons. The maximum Gasteiger partial charge on any atom is 0.416 e. The third kappa shape index (κ3) is 5.49. The molecule has 1 amide bonds. The molecule has 2 atom stereocenters. The molecule has 4 rings (SSSR count). The molecule has 0 saturated heterocycles. The van der Waals surface area contributed by atoms with Gasteiger partial charge in [0.05, 0.1) is 24.8 Å². The third-order valence-electron chi connectivity index (χ3n) is 5.99. The first-order valence-corrected chi connectivity index (χ1v) is 11.1. The molecule has 0 fully saturated rings. The molecule has 36 heavy (non-hydrogen) atoms. The van der Waals surface area contributed by atoms with Crippen molar-refractivity contribution in [3.63, 3.8) is 0 Å². The number of hydrogen-bond acceptors (Lipinski definition) is 3. The highest BCUT2D eigenvalue weighted by Crippen LogP contribution is 2.31. The van der Waals surface area contributed by atoms with Crippen LogP contribution in [-0.2, 0) is 12.6 Å². The van der Waals surface area contributed by atoms with Crippen LogP contribution in [0.3, 0.4) is 0 Å². The standard InChI is InChI=1S/C28H23F4NO3/c1-36-25-15-14-23(21-4-2-3-5-22(21)25)27(35)33-24(26(34)18-8-12-20(29)13-9-18)16-17-6-10-19(11-7-17)28(30,31)32/h2-15,24,26,34H,16H2,1H3,(H,33,35). The van der Waals surface area contributed by atoms with Crippen LogP contribution in [0.5, 0.6) is 5.75 Å². The van der Waals surface area contributed by atoms with Crippen LogP contribution in [0.1, 0.15) is 33.2 Å². The summed E-state index contributed by atoms with van der Waals surface area (Å²) in [5.41, 5.74) is 0.382. The molecule has 0 saturated carbocycles. The average Bonchev–Trinajstić information content (AvgIpc) is 2.87. The second kappa shape index (κ2) is 10.4. The highest BCUT2D eigenvalue weighted by molar-refractivity contribution is 6.08. The van der Waals surface area contributed by atoms with E-state index >= 15 is 0 Å². The first-order valence-electron chi connectivity index (χ1n) is 11.1. The maximum atomic E-state index is 13.4. The van der Waals surface area contributed by atoms with Crippen LogP contribution in [0.4, 0.5) is 17.6 Å². The summed E-state index contributed by atoms with van der Waals surface area (Å²) in [5, 5.41) is 15.3. The van der Waals surface area contributed by atoms with Gasteiger partial charge < -0.3 is 15.2 Å². The molecule has 4 aromatic carbocycles. The van der Waals surface area contributed by atoms with Gasteiger partial charge in [0, 0.05) is 10.9 Å². The molecule has 0 bridgehead atoms. The number of nitrogens with one attached hydrogen (secondary N) is 1. The van der Waals surface area contributed by atoms with Crippen molar-refractivity contribution in [2.24, 2.45) is 0 Å². The zero-order valence-electron chi connectivity index (χ0n) is 19.2. The van der Waals surface area contributed by atoms with Gasteiger partial charge in [-0.2, -0.15) is 13.2 Å². The molecule has 2 unspecified atom stereocenters. The summed E-state index contributed by atoms with van der Waals surface area (Å²) in [6.45, 7) is 0. The van der Waals surface area contributed by atoms with Crippen molar-refractivity contribution in [2.75, 3.05) is 7.11 Å². The van der Waals surface area contributed by atoms with Crippen molar-refractivity contribution >= 4 is 16.7 Å². The van der Waals surface area contributed by atoms with E-state index in [1.54, 1.807) is 24.3 Å². The second-order valence-corrected chi connectivity index (χ2v) is 8.34. The van der Waals surface area contributed by atoms with E-state index in [2.05, 4.69) is 5.32 Å². The van der Waals surface area contributed by atoms with Gasteiger partial charge in [-0.05, 0) is 59.3 Å². The lowest BCUT2D eigenvalue weighted by Gasteiger charge is -2.25. The molecule has 4 aromatic rings. The van der Waals surface area contributed by atoms with Gasteiger partial charge >= 0.3 is 6.18 Å². The molecule has 4 nitrogen and oxygen atoms in total. The summed E-state index contributed by atoms with van der Waals surface area (Å²) in [5.74, 6) is -0.374. The zero-order chi connectivity index (χ0) is 25.9. The maximum absolute atomic E-state index is 13.4. The molecule has 186 valence electrons. The van der Waals surface area contributed by atoms with Crippen LogP contribution >= 0.6 is 0 Å². The molecule has 0 aliphatic rings. The number of carbonyl (C=O) groups is 1. The Morgan fingerprint density at radius 1 is 0.917 bits per heavy atom. The van der Waals surface area contributed by atoms with E-state index in [4.69, 9.17) is 4.74 Å². The number of amides is 1. The van der Waals surface area contributed by atoms with E-state index in [1.807, 2.05) is 12.1 Å². The fraction of sp³-hybridized carbons (Fsp3) is 0.179. The number of fused-ring (bicyclic) bond motifs is 1. The van der Waals surface area contributed by atoms with Gasteiger partial charge in [-0.1, -0.05) is 48.5 Å². The molecule has 0 spiro atoms. The largest absolute Gasteiger partial charge is 0.496 e. The first-order chi connectivity index (χ1) is 17.2. The Morgan fingerprint density at radius 2 is 1.56 bits per heavy atom. The van der Waals surface area contributed by atoms with E-state index in [0.29, 0.717) is 27.8 Å². The Labute approximate surface area is 205 Å². The summed E-state index contributed by atoms with van der Waals surface area (Å²) >= 11 is 0. The predicted molar refractivity (Wildman–Crippen MR) is 128 cm³/mol. The van der Waals surface area contributed by atoms with Crippen molar-refractivity contribution in [1.29, 1.82) is 0 Å². The molecule has 8 heteroatoms. The first kappa shape index (κ1) is 25.2. The molecule has 0 heterocycles. The number of ether oxygens (including phenoxy) is 1. The summed E-state index contributed by atoms with van der Waals surface area (Å²) in [6.07, 6.45) is -5.69. The fourth-order valence-corrected chi connectivity index (χ4v) is 4.11. The van der Waals surface area contributed by atoms with Gasteiger partial charge in [0.25, 0.3) is 5.91 Å². The molecular weight excluding hydrogens is 474 g/mol. The van der Waals surface area contributed by atoms with E-state index in [1.165, 1.54) is 43.5 Å². The third-order valence-corrected chi connectivity index (χ3v) is 5.99. The van der Waals surface area contributed by atoms with Crippen LogP contribution < -0.4 is 10.1 Å². The minimum absolute atomic E-state index is 0.0382. The topological polar surface area (TPSA) is 58.6 Å². The Bertz CT molecular complexity index is 1350. The fourth-order valence-electron chi connectivity index (χ4n) is 4.11. The number of rotatable bonds is 7. The summed E-state index contributed by atoms with van der Waals surface area (Å²) in [4.78, 5) is 13.4.